The van der Waals surface area contributed by atoms with Crippen molar-refractivity contribution >= 4 is 17.6 Å². The van der Waals surface area contributed by atoms with E-state index in [0.717, 1.165) is 6.08 Å². The number of carbonyl (C=O) groups excluding carboxylic acids is 1. The van der Waals surface area contributed by atoms with Crippen LogP contribution in [0.3, 0.4) is 0 Å². The van der Waals surface area contributed by atoms with Gasteiger partial charge in [-0.1, -0.05) is 0 Å². The average Bonchev–Trinajstić information content (AvgIpc) is 2.37. The first-order valence-corrected chi connectivity index (χ1v) is 5.51. The van der Waals surface area contributed by atoms with Crippen LogP contribution < -0.4 is 15.2 Å². The molecule has 1 aromatic carbocycles. The van der Waals surface area contributed by atoms with Crippen LogP contribution in [-0.4, -0.2) is 29.8 Å². The first kappa shape index (κ1) is 15.2. The Morgan fingerprint density at radius 2 is 2.00 bits per heavy atom. The third-order valence-electron chi connectivity index (χ3n) is 2.22. The summed E-state index contributed by atoms with van der Waals surface area (Å²) >= 11 is 0. The largest absolute Gasteiger partial charge is 0.493 e. The molecule has 7 nitrogen and oxygen atoms in total. The number of hydrogen-bond donors (Lipinski definition) is 3. The Morgan fingerprint density at radius 3 is 2.45 bits per heavy atom. The fourth-order valence-electron chi connectivity index (χ4n) is 1.35. The number of primary amides is 1. The molecule has 0 aliphatic carbocycles. The van der Waals surface area contributed by atoms with Crippen molar-refractivity contribution in [2.24, 2.45) is 5.73 Å². The predicted molar refractivity (Wildman–Crippen MR) is 71.3 cm³/mol. The fraction of sp³-hybridized carbons (Fsp3) is 0.154. The number of carboxylic acids is 1. The van der Waals surface area contributed by atoms with E-state index in [2.05, 4.69) is 0 Å². The van der Waals surface area contributed by atoms with E-state index >= 15 is 0 Å². The maximum absolute atomic E-state index is 11.2. The van der Waals surface area contributed by atoms with Gasteiger partial charge in [-0.2, -0.15) is 0 Å². The van der Waals surface area contributed by atoms with E-state index in [9.17, 15) is 9.59 Å². The molecule has 0 unspecified atom stereocenters. The summed E-state index contributed by atoms with van der Waals surface area (Å²) in [6, 6.07) is 3.90. The molecule has 0 heterocycles. The minimum atomic E-state index is -1.11. The lowest BCUT2D eigenvalue weighted by Crippen LogP contribution is -2.19. The van der Waals surface area contributed by atoms with Crippen molar-refractivity contribution in [1.82, 2.24) is 0 Å². The van der Waals surface area contributed by atoms with E-state index in [4.69, 9.17) is 25.7 Å². The maximum Gasteiger partial charge on any atom is 0.335 e. The van der Waals surface area contributed by atoms with E-state index in [1.165, 1.54) is 32.2 Å². The molecular formula is C13H14N2O5. The molecular weight excluding hydrogens is 264 g/mol. The minimum Gasteiger partial charge on any atom is -0.493 e. The van der Waals surface area contributed by atoms with Gasteiger partial charge in [0.25, 0.3) is 5.91 Å². The molecule has 0 spiro atoms. The van der Waals surface area contributed by atoms with Crippen LogP contribution >= 0.6 is 0 Å². The summed E-state index contributed by atoms with van der Waals surface area (Å²) in [6.07, 6.45) is 1.16. The standard InChI is InChI=1S/C13H14N2O5/c1-7(14)5-11(12(15)16)20-9-4-3-8(13(17)18)6-10(9)19-2/h3-6,14H,1-2H3,(H2,15,16)(H,17,18)/b11-5+,14-7?. The van der Waals surface area contributed by atoms with E-state index in [0.29, 0.717) is 0 Å². The van der Waals surface area contributed by atoms with Gasteiger partial charge in [0.2, 0.25) is 0 Å². The molecule has 1 rings (SSSR count). The summed E-state index contributed by atoms with van der Waals surface area (Å²) in [7, 11) is 1.34. The van der Waals surface area contributed by atoms with Gasteiger partial charge in [0.05, 0.1) is 12.7 Å². The molecule has 0 aromatic heterocycles. The summed E-state index contributed by atoms with van der Waals surface area (Å²) in [5.41, 5.74) is 5.24. The number of carbonyl (C=O) groups is 2. The number of amides is 1. The predicted octanol–water partition coefficient (Wildman–Crippen LogP) is 1.18. The van der Waals surface area contributed by atoms with Gasteiger partial charge in [-0.3, -0.25) is 4.79 Å². The quantitative estimate of drug-likeness (QED) is 0.409. The summed E-state index contributed by atoms with van der Waals surface area (Å²) in [4.78, 5) is 22.1. The van der Waals surface area contributed by atoms with Crippen molar-refractivity contribution in [3.8, 4) is 11.5 Å². The fourth-order valence-corrected chi connectivity index (χ4v) is 1.35. The zero-order valence-electron chi connectivity index (χ0n) is 11.0. The molecule has 4 N–H and O–H groups in total. The van der Waals surface area contributed by atoms with Gasteiger partial charge in [0.15, 0.2) is 17.3 Å². The van der Waals surface area contributed by atoms with Gasteiger partial charge in [0.1, 0.15) is 0 Å². The van der Waals surface area contributed by atoms with Gasteiger partial charge >= 0.3 is 5.97 Å². The zero-order chi connectivity index (χ0) is 15.3. The van der Waals surface area contributed by atoms with E-state index in [-0.39, 0.29) is 28.5 Å². The van der Waals surface area contributed by atoms with Crippen LogP contribution in [0.5, 0.6) is 11.5 Å². The van der Waals surface area contributed by atoms with Crippen LogP contribution in [0.25, 0.3) is 0 Å². The summed E-state index contributed by atoms with van der Waals surface area (Å²) < 4.78 is 10.3. The molecule has 20 heavy (non-hydrogen) atoms. The number of benzene rings is 1. The highest BCUT2D eigenvalue weighted by molar-refractivity contribution is 6.00. The SMILES string of the molecule is COc1cc(C(=O)O)ccc1O/C(=C/C(C)=N)C(N)=O. The maximum atomic E-state index is 11.2. The van der Waals surface area contributed by atoms with E-state index in [1.807, 2.05) is 0 Å². The second kappa shape index (κ2) is 6.37. The van der Waals surface area contributed by atoms with E-state index in [1.54, 1.807) is 0 Å². The van der Waals surface area contributed by atoms with Crippen molar-refractivity contribution < 1.29 is 24.2 Å². The Morgan fingerprint density at radius 1 is 1.35 bits per heavy atom. The van der Waals surface area contributed by atoms with Gasteiger partial charge in [0, 0.05) is 11.8 Å². The highest BCUT2D eigenvalue weighted by Crippen LogP contribution is 2.29. The van der Waals surface area contributed by atoms with Crippen molar-refractivity contribution in [2.45, 2.75) is 6.92 Å². The van der Waals surface area contributed by atoms with Crippen LogP contribution in [0.1, 0.15) is 17.3 Å². The highest BCUT2D eigenvalue weighted by Gasteiger charge is 2.14. The third-order valence-corrected chi connectivity index (χ3v) is 2.22. The van der Waals surface area contributed by atoms with Crippen LogP contribution in [0, 0.1) is 5.41 Å². The molecule has 0 saturated heterocycles. The van der Waals surface area contributed by atoms with Gasteiger partial charge in [-0.05, 0) is 25.1 Å². The molecule has 0 bridgehead atoms. The molecule has 7 heteroatoms. The molecule has 0 radical (unpaired) electrons. The summed E-state index contributed by atoms with van der Waals surface area (Å²) in [6.45, 7) is 1.46. The lowest BCUT2D eigenvalue weighted by molar-refractivity contribution is -0.116. The number of methoxy groups -OCH3 is 1. The lowest BCUT2D eigenvalue weighted by atomic mass is 10.2. The van der Waals surface area contributed by atoms with Gasteiger partial charge < -0.3 is 25.7 Å². The van der Waals surface area contributed by atoms with E-state index < -0.39 is 11.9 Å². The monoisotopic (exact) mass is 278 g/mol. The second-order valence-corrected chi connectivity index (χ2v) is 3.83. The smallest absolute Gasteiger partial charge is 0.335 e. The number of aromatic carboxylic acids is 1. The first-order chi connectivity index (χ1) is 9.35. The van der Waals surface area contributed by atoms with Crippen LogP contribution in [0.4, 0.5) is 0 Å². The van der Waals surface area contributed by atoms with Crippen molar-refractivity contribution in [3.05, 3.63) is 35.6 Å². The molecule has 0 atom stereocenters. The third kappa shape index (κ3) is 3.84. The summed E-state index contributed by atoms with van der Waals surface area (Å²) in [5.74, 6) is -1.93. The molecule has 0 saturated carbocycles. The molecule has 0 fully saturated rings. The van der Waals surface area contributed by atoms with Gasteiger partial charge in [-0.15, -0.1) is 0 Å². The van der Waals surface area contributed by atoms with Gasteiger partial charge in [-0.25, -0.2) is 4.79 Å². The molecule has 0 aliphatic rings. The lowest BCUT2D eigenvalue weighted by Gasteiger charge is -2.11. The number of rotatable bonds is 6. The molecule has 1 aromatic rings. The number of ether oxygens (including phenoxy) is 2. The Kier molecular flexibility index (Phi) is 4.85. The number of allylic oxidation sites excluding steroid dienone is 1. The van der Waals surface area contributed by atoms with Crippen LogP contribution in [-0.2, 0) is 4.79 Å². The molecule has 0 aliphatic heterocycles. The first-order valence-electron chi connectivity index (χ1n) is 5.51. The average molecular weight is 278 g/mol. The van der Waals surface area contributed by atoms with Crippen molar-refractivity contribution in [1.29, 1.82) is 5.41 Å². The number of carboxylic acid groups (broad SMARTS) is 1. The Hall–Kier alpha value is -2.83. The van der Waals surface area contributed by atoms with Crippen molar-refractivity contribution in [2.75, 3.05) is 7.11 Å². The number of hydrogen-bond acceptors (Lipinski definition) is 5. The van der Waals surface area contributed by atoms with Crippen molar-refractivity contribution in [3.63, 3.8) is 0 Å². The Balaban J connectivity index is 3.16. The zero-order valence-corrected chi connectivity index (χ0v) is 11.0. The summed E-state index contributed by atoms with van der Waals surface area (Å²) in [5, 5.41) is 16.2. The molecule has 1 amide bonds. The Bertz CT molecular complexity index is 592. The van der Waals surface area contributed by atoms with Crippen LogP contribution in [0.15, 0.2) is 30.0 Å². The van der Waals surface area contributed by atoms with Crippen LogP contribution in [0.2, 0.25) is 0 Å². The second-order valence-electron chi connectivity index (χ2n) is 3.83. The molecule has 106 valence electrons. The topological polar surface area (TPSA) is 123 Å². The number of nitrogens with one attached hydrogen (secondary N) is 1. The normalized spacial score (nSPS) is 10.8. The highest BCUT2D eigenvalue weighted by atomic mass is 16.5. The minimum absolute atomic E-state index is 0.0158. The number of nitrogens with two attached hydrogens (primary N) is 1. The Labute approximate surface area is 115 Å².